The van der Waals surface area contributed by atoms with Crippen LogP contribution in [-0.2, 0) is 0 Å². The van der Waals surface area contributed by atoms with Crippen molar-refractivity contribution >= 4 is 21.9 Å². The second-order valence-corrected chi connectivity index (χ2v) is 5.41. The van der Waals surface area contributed by atoms with Crippen molar-refractivity contribution in [2.45, 2.75) is 0 Å². The predicted molar refractivity (Wildman–Crippen MR) is 86.0 cm³/mol. The van der Waals surface area contributed by atoms with Crippen LogP contribution in [0.1, 0.15) is 0 Å². The number of hydrogen-bond acceptors (Lipinski definition) is 8. The van der Waals surface area contributed by atoms with Crippen LogP contribution in [0.25, 0.3) is 33.3 Å². The minimum atomic E-state index is -0.881. The summed E-state index contributed by atoms with van der Waals surface area (Å²) in [5.41, 5.74) is -0.609. The number of hydrogen-bond donors (Lipinski definition) is 5. The maximum Gasteiger partial charge on any atom is 0.327 e. The van der Waals surface area contributed by atoms with Gasteiger partial charge < -0.3 is 34.4 Å². The normalized spacial score (nSPS) is 11.4. The predicted octanol–water partition coefficient (Wildman–Crippen LogP) is 2.73. The second kappa shape index (κ2) is 4.84. The minimum Gasteiger partial charge on any atom is -0.508 e. The van der Waals surface area contributed by atoms with E-state index in [1.54, 1.807) is 0 Å². The molecule has 0 saturated carbocycles. The molecule has 0 unspecified atom stereocenters. The molecule has 0 radical (unpaired) electrons. The molecule has 5 N–H and O–H groups in total. The molecule has 8 heteroatoms. The lowest BCUT2D eigenvalue weighted by molar-refractivity contribution is 0.316. The molecule has 0 amide bonds. The van der Waals surface area contributed by atoms with Gasteiger partial charge in [-0.3, -0.25) is 4.79 Å². The van der Waals surface area contributed by atoms with Gasteiger partial charge in [0.2, 0.25) is 16.9 Å². The fourth-order valence-electron chi connectivity index (χ4n) is 2.68. The van der Waals surface area contributed by atoms with Crippen molar-refractivity contribution in [3.05, 3.63) is 40.6 Å². The zero-order valence-corrected chi connectivity index (χ0v) is 12.3. The van der Waals surface area contributed by atoms with Crippen molar-refractivity contribution < 1.29 is 34.4 Å². The molecule has 2 aromatic heterocycles. The summed E-state index contributed by atoms with van der Waals surface area (Å²) < 4.78 is 10.4. The van der Waals surface area contributed by atoms with E-state index in [0.717, 1.165) is 12.1 Å². The fraction of sp³-hybridized carbons (Fsp3) is 0. The first kappa shape index (κ1) is 14.8. The highest BCUT2D eigenvalue weighted by Gasteiger charge is 2.20. The van der Waals surface area contributed by atoms with E-state index >= 15 is 0 Å². The Balaban J connectivity index is 2.05. The maximum absolute atomic E-state index is 12.3. The number of aromatic hydroxyl groups is 5. The number of rotatable bonds is 1. The minimum absolute atomic E-state index is 0.130. The van der Waals surface area contributed by atoms with Gasteiger partial charge in [0.1, 0.15) is 28.1 Å². The van der Waals surface area contributed by atoms with Gasteiger partial charge in [-0.1, -0.05) is 0 Å². The number of benzene rings is 2. The van der Waals surface area contributed by atoms with Crippen LogP contribution < -0.4 is 5.43 Å². The lowest BCUT2D eigenvalue weighted by Gasteiger charge is -2.07. The number of furan rings is 1. The van der Waals surface area contributed by atoms with Crippen molar-refractivity contribution in [2.24, 2.45) is 0 Å². The molecule has 25 heavy (non-hydrogen) atoms. The summed E-state index contributed by atoms with van der Waals surface area (Å²) >= 11 is 0. The van der Waals surface area contributed by atoms with E-state index in [9.17, 15) is 30.3 Å². The second-order valence-electron chi connectivity index (χ2n) is 5.41. The summed E-state index contributed by atoms with van der Waals surface area (Å²) in [6, 6.07) is 6.28. The largest absolute Gasteiger partial charge is 0.508 e. The van der Waals surface area contributed by atoms with Crippen LogP contribution in [0.2, 0.25) is 0 Å². The molecule has 0 spiro atoms. The van der Waals surface area contributed by atoms with Crippen molar-refractivity contribution in [1.29, 1.82) is 0 Å². The summed E-state index contributed by atoms with van der Waals surface area (Å²) in [5.74, 6) is -2.98. The summed E-state index contributed by atoms with van der Waals surface area (Å²) in [6.07, 6.45) is 0. The zero-order chi connectivity index (χ0) is 17.9. The molecular formula is C17H10O8. The summed E-state index contributed by atoms with van der Waals surface area (Å²) in [5, 5.41) is 48.6. The van der Waals surface area contributed by atoms with Crippen LogP contribution >= 0.6 is 0 Å². The van der Waals surface area contributed by atoms with Crippen LogP contribution in [0.4, 0.5) is 0 Å². The molecule has 0 bridgehead atoms. The molecule has 0 saturated heterocycles. The van der Waals surface area contributed by atoms with Gasteiger partial charge in [0, 0.05) is 17.7 Å². The van der Waals surface area contributed by atoms with Crippen LogP contribution in [0, 0.1) is 0 Å². The first-order chi connectivity index (χ1) is 11.9. The first-order valence-electron chi connectivity index (χ1n) is 7.03. The average molecular weight is 342 g/mol. The highest BCUT2D eigenvalue weighted by molar-refractivity contribution is 5.92. The number of phenols is 2. The molecule has 126 valence electrons. The monoisotopic (exact) mass is 342 g/mol. The summed E-state index contributed by atoms with van der Waals surface area (Å²) in [4.78, 5) is 12.3. The molecule has 8 nitrogen and oxygen atoms in total. The summed E-state index contributed by atoms with van der Waals surface area (Å²) in [6.45, 7) is 0. The molecule has 0 aliphatic rings. The SMILES string of the molecule is O=c1c(O)c(-c2ccc3oc(O)c(O)c3c2)oc2cc(O)cc(O)c12. The van der Waals surface area contributed by atoms with E-state index in [1.165, 1.54) is 18.2 Å². The molecular weight excluding hydrogens is 332 g/mol. The average Bonchev–Trinajstić information content (AvgIpc) is 2.84. The van der Waals surface area contributed by atoms with E-state index < -0.39 is 28.6 Å². The molecule has 4 aromatic rings. The Morgan fingerprint density at radius 3 is 2.32 bits per heavy atom. The van der Waals surface area contributed by atoms with Crippen LogP contribution in [-0.4, -0.2) is 25.5 Å². The van der Waals surface area contributed by atoms with Gasteiger partial charge in [-0.25, -0.2) is 0 Å². The van der Waals surface area contributed by atoms with Gasteiger partial charge >= 0.3 is 5.95 Å². The van der Waals surface area contributed by atoms with Gasteiger partial charge in [-0.15, -0.1) is 0 Å². The lowest BCUT2D eigenvalue weighted by atomic mass is 10.1. The van der Waals surface area contributed by atoms with E-state index in [0.29, 0.717) is 0 Å². The zero-order valence-electron chi connectivity index (χ0n) is 12.3. The van der Waals surface area contributed by atoms with Crippen molar-refractivity contribution in [3.63, 3.8) is 0 Å². The van der Waals surface area contributed by atoms with E-state index in [4.69, 9.17) is 8.83 Å². The summed E-state index contributed by atoms with van der Waals surface area (Å²) in [7, 11) is 0. The fourth-order valence-corrected chi connectivity index (χ4v) is 2.68. The van der Waals surface area contributed by atoms with Crippen molar-refractivity contribution in [1.82, 2.24) is 0 Å². The Hall–Kier alpha value is -3.81. The number of phenolic OH excluding ortho intramolecular Hbond substituents is 2. The Morgan fingerprint density at radius 1 is 0.800 bits per heavy atom. The molecule has 0 fully saturated rings. The van der Waals surface area contributed by atoms with Gasteiger partial charge in [-0.05, 0) is 18.2 Å². The quantitative estimate of drug-likeness (QED) is 0.355. The van der Waals surface area contributed by atoms with Crippen molar-refractivity contribution in [3.8, 4) is 40.3 Å². The third kappa shape index (κ3) is 2.04. The topological polar surface area (TPSA) is 144 Å². The maximum atomic E-state index is 12.3. The number of fused-ring (bicyclic) bond motifs is 2. The highest BCUT2D eigenvalue weighted by atomic mass is 16.5. The van der Waals surface area contributed by atoms with Gasteiger partial charge in [0.15, 0.2) is 5.76 Å². The third-order valence-electron chi connectivity index (χ3n) is 3.84. The van der Waals surface area contributed by atoms with E-state index in [1.807, 2.05) is 0 Å². The third-order valence-corrected chi connectivity index (χ3v) is 3.84. The van der Waals surface area contributed by atoms with Gasteiger partial charge in [-0.2, -0.15) is 0 Å². The smallest absolute Gasteiger partial charge is 0.327 e. The van der Waals surface area contributed by atoms with Gasteiger partial charge in [0.05, 0.1) is 5.39 Å². The van der Waals surface area contributed by atoms with Crippen LogP contribution in [0.5, 0.6) is 28.9 Å². The van der Waals surface area contributed by atoms with Crippen molar-refractivity contribution in [2.75, 3.05) is 0 Å². The van der Waals surface area contributed by atoms with Gasteiger partial charge in [0.25, 0.3) is 0 Å². The Bertz CT molecular complexity index is 1220. The Kier molecular flexibility index (Phi) is 2.86. The molecule has 4 rings (SSSR count). The standard InChI is InChI=1S/C17H10O8/c18-7-4-9(19)12-11(5-7)24-16(15(22)14(12)21)6-1-2-10-8(3-6)13(20)17(23)25-10/h1-5,18-20,22-23H. The first-order valence-corrected chi connectivity index (χ1v) is 7.03. The van der Waals surface area contributed by atoms with Crippen LogP contribution in [0.15, 0.2) is 44.0 Å². The molecule has 2 heterocycles. The lowest BCUT2D eigenvalue weighted by Crippen LogP contribution is -2.02. The molecule has 0 atom stereocenters. The Labute approximate surface area is 138 Å². The van der Waals surface area contributed by atoms with Crippen LogP contribution in [0.3, 0.4) is 0 Å². The molecule has 0 aliphatic carbocycles. The molecule has 0 aliphatic heterocycles. The molecule has 2 aromatic carbocycles. The Morgan fingerprint density at radius 2 is 1.56 bits per heavy atom. The van der Waals surface area contributed by atoms with E-state index in [2.05, 4.69) is 0 Å². The van der Waals surface area contributed by atoms with E-state index in [-0.39, 0.29) is 39.0 Å². The highest BCUT2D eigenvalue weighted by Crippen LogP contribution is 2.41.